The average molecular weight is 388 g/mol. The summed E-state index contributed by atoms with van der Waals surface area (Å²) < 4.78 is 16.8. The molecule has 3 aliphatic heterocycles. The molecule has 0 bridgehead atoms. The highest BCUT2D eigenvalue weighted by Crippen LogP contribution is 2.41. The van der Waals surface area contributed by atoms with Crippen LogP contribution in [0.15, 0.2) is 23.2 Å². The van der Waals surface area contributed by atoms with E-state index in [1.165, 1.54) is 18.4 Å². The molecule has 2 fully saturated rings. The molecule has 0 saturated carbocycles. The molecule has 0 spiro atoms. The summed E-state index contributed by atoms with van der Waals surface area (Å²) in [6.45, 7) is 10.2. The minimum atomic E-state index is -0.0109. The Kier molecular flexibility index (Phi) is 5.95. The third-order valence-corrected chi connectivity index (χ3v) is 6.38. The van der Waals surface area contributed by atoms with Crippen molar-refractivity contribution < 1.29 is 14.2 Å². The number of piperidine rings is 1. The van der Waals surface area contributed by atoms with Crippen molar-refractivity contribution in [3.05, 3.63) is 23.8 Å². The number of hydrogen-bond acceptors (Lipinski definition) is 4. The van der Waals surface area contributed by atoms with Crippen molar-refractivity contribution in [1.29, 1.82) is 0 Å². The van der Waals surface area contributed by atoms with Crippen molar-refractivity contribution >= 4 is 5.96 Å². The first-order valence-electron chi connectivity index (χ1n) is 10.7. The first-order valence-corrected chi connectivity index (χ1v) is 10.7. The normalized spacial score (nSPS) is 22.4. The second-order valence-electron chi connectivity index (χ2n) is 8.30. The molecule has 0 unspecified atom stereocenters. The maximum Gasteiger partial charge on any atom is 0.231 e. The number of guanidine groups is 1. The number of likely N-dealkylation sites (tertiary alicyclic amines) is 1. The fraction of sp³-hybridized carbons (Fsp3) is 0.682. The smallest absolute Gasteiger partial charge is 0.231 e. The van der Waals surface area contributed by atoms with Crippen LogP contribution in [0.4, 0.5) is 0 Å². The lowest BCUT2D eigenvalue weighted by Crippen LogP contribution is -2.46. The summed E-state index contributed by atoms with van der Waals surface area (Å²) >= 11 is 0. The first kappa shape index (κ1) is 19.4. The van der Waals surface area contributed by atoms with Crippen LogP contribution in [-0.2, 0) is 10.2 Å². The van der Waals surface area contributed by atoms with Gasteiger partial charge in [0.05, 0.1) is 6.54 Å². The summed E-state index contributed by atoms with van der Waals surface area (Å²) in [5, 5.41) is 3.52. The third-order valence-electron chi connectivity index (χ3n) is 6.38. The van der Waals surface area contributed by atoms with Crippen LogP contribution in [0.2, 0.25) is 0 Å². The van der Waals surface area contributed by atoms with Gasteiger partial charge >= 0.3 is 0 Å². The van der Waals surface area contributed by atoms with Gasteiger partial charge < -0.3 is 24.4 Å². The van der Waals surface area contributed by atoms with E-state index >= 15 is 0 Å². The molecule has 0 aliphatic carbocycles. The molecule has 0 radical (unpaired) electrons. The van der Waals surface area contributed by atoms with Crippen LogP contribution in [0, 0.1) is 5.92 Å². The van der Waals surface area contributed by atoms with Crippen LogP contribution in [0.1, 0.15) is 45.1 Å². The number of nitrogens with one attached hydrogen (secondary N) is 1. The fourth-order valence-electron chi connectivity index (χ4n) is 4.40. The van der Waals surface area contributed by atoms with E-state index in [9.17, 15) is 0 Å². The van der Waals surface area contributed by atoms with E-state index in [1.54, 1.807) is 0 Å². The van der Waals surface area contributed by atoms with Gasteiger partial charge in [0.15, 0.2) is 17.5 Å². The molecule has 3 aliphatic rings. The monoisotopic (exact) mass is 387 g/mol. The zero-order chi connectivity index (χ0) is 19.4. The highest BCUT2D eigenvalue weighted by atomic mass is 16.7. The van der Waals surface area contributed by atoms with E-state index in [-0.39, 0.29) is 5.41 Å². The highest BCUT2D eigenvalue weighted by molar-refractivity contribution is 5.80. The number of nitrogens with zero attached hydrogens (tertiary/aromatic N) is 2. The van der Waals surface area contributed by atoms with E-state index in [1.807, 2.05) is 6.07 Å². The molecule has 1 N–H and O–H groups in total. The van der Waals surface area contributed by atoms with Gasteiger partial charge in [0, 0.05) is 38.3 Å². The lowest BCUT2D eigenvalue weighted by atomic mass is 9.74. The summed E-state index contributed by atoms with van der Waals surface area (Å²) in [5.41, 5.74) is 1.27. The van der Waals surface area contributed by atoms with Crippen LogP contribution in [0.5, 0.6) is 11.5 Å². The Morgan fingerprint density at radius 3 is 2.68 bits per heavy atom. The van der Waals surface area contributed by atoms with Gasteiger partial charge in [-0.1, -0.05) is 13.0 Å². The SMILES string of the molecule is CCNC(=NCC1(c2ccc3c(c2)OCO3)CCOCC1)N1CCC(C)CC1. The van der Waals surface area contributed by atoms with Crippen molar-refractivity contribution in [2.45, 2.75) is 44.9 Å². The van der Waals surface area contributed by atoms with Gasteiger partial charge in [-0.3, -0.25) is 4.99 Å². The van der Waals surface area contributed by atoms with Crippen molar-refractivity contribution in [2.24, 2.45) is 10.9 Å². The minimum Gasteiger partial charge on any atom is -0.454 e. The molecule has 2 saturated heterocycles. The lowest BCUT2D eigenvalue weighted by Gasteiger charge is -2.38. The third kappa shape index (κ3) is 4.07. The standard InChI is InChI=1S/C22H33N3O3/c1-3-23-21(25-10-6-17(2)7-11-25)24-15-22(8-12-26-13-9-22)18-4-5-19-20(14-18)28-16-27-19/h4-5,14,17H,3,6-13,15-16H2,1-2H3,(H,23,24). The van der Waals surface area contributed by atoms with Crippen molar-refractivity contribution in [3.63, 3.8) is 0 Å². The molecule has 28 heavy (non-hydrogen) atoms. The first-order chi connectivity index (χ1) is 13.7. The number of benzene rings is 1. The zero-order valence-corrected chi connectivity index (χ0v) is 17.2. The summed E-state index contributed by atoms with van der Waals surface area (Å²) in [6, 6.07) is 6.37. The fourth-order valence-corrected chi connectivity index (χ4v) is 4.40. The van der Waals surface area contributed by atoms with Crippen molar-refractivity contribution in [3.8, 4) is 11.5 Å². The Balaban J connectivity index is 1.57. The van der Waals surface area contributed by atoms with Gasteiger partial charge in [-0.2, -0.15) is 0 Å². The average Bonchev–Trinajstić information content (AvgIpc) is 3.20. The Bertz CT molecular complexity index is 692. The van der Waals surface area contributed by atoms with Crippen LogP contribution in [0.25, 0.3) is 0 Å². The Morgan fingerprint density at radius 1 is 1.18 bits per heavy atom. The molecule has 154 valence electrons. The molecule has 0 atom stereocenters. The number of hydrogen-bond donors (Lipinski definition) is 1. The zero-order valence-electron chi connectivity index (χ0n) is 17.2. The predicted octanol–water partition coefficient (Wildman–Crippen LogP) is 3.16. The lowest BCUT2D eigenvalue weighted by molar-refractivity contribution is 0.0529. The van der Waals surface area contributed by atoms with Gasteiger partial charge in [-0.25, -0.2) is 0 Å². The molecule has 0 aromatic heterocycles. The van der Waals surface area contributed by atoms with Gasteiger partial charge in [-0.15, -0.1) is 0 Å². The molecular weight excluding hydrogens is 354 g/mol. The molecule has 3 heterocycles. The van der Waals surface area contributed by atoms with Crippen LogP contribution >= 0.6 is 0 Å². The summed E-state index contributed by atoms with van der Waals surface area (Å²) in [6.07, 6.45) is 4.44. The van der Waals surface area contributed by atoms with Gasteiger partial charge in [0.25, 0.3) is 0 Å². The van der Waals surface area contributed by atoms with Gasteiger partial charge in [-0.05, 0) is 56.2 Å². The quantitative estimate of drug-likeness (QED) is 0.635. The molecule has 6 heteroatoms. The molecule has 0 amide bonds. The summed E-state index contributed by atoms with van der Waals surface area (Å²) in [4.78, 5) is 7.56. The molecule has 6 nitrogen and oxygen atoms in total. The van der Waals surface area contributed by atoms with E-state index in [0.717, 1.165) is 75.6 Å². The maximum atomic E-state index is 5.69. The van der Waals surface area contributed by atoms with Crippen LogP contribution in [0.3, 0.4) is 0 Å². The summed E-state index contributed by atoms with van der Waals surface area (Å²) in [5.74, 6) is 3.56. The van der Waals surface area contributed by atoms with Crippen LogP contribution in [-0.4, -0.2) is 57.0 Å². The Labute approximate surface area is 168 Å². The van der Waals surface area contributed by atoms with E-state index in [4.69, 9.17) is 19.2 Å². The maximum absolute atomic E-state index is 5.69. The summed E-state index contributed by atoms with van der Waals surface area (Å²) in [7, 11) is 0. The topological polar surface area (TPSA) is 55.3 Å². The largest absolute Gasteiger partial charge is 0.454 e. The second-order valence-corrected chi connectivity index (χ2v) is 8.30. The van der Waals surface area contributed by atoms with Crippen molar-refractivity contribution in [1.82, 2.24) is 10.2 Å². The number of rotatable bonds is 4. The van der Waals surface area contributed by atoms with Gasteiger partial charge in [0.2, 0.25) is 6.79 Å². The highest BCUT2D eigenvalue weighted by Gasteiger charge is 2.36. The molecular formula is C22H33N3O3. The molecule has 1 aromatic rings. The predicted molar refractivity (Wildman–Crippen MR) is 110 cm³/mol. The number of aliphatic imine (C=N–C) groups is 1. The minimum absolute atomic E-state index is 0.0109. The molecule has 4 rings (SSSR count). The van der Waals surface area contributed by atoms with Gasteiger partial charge in [0.1, 0.15) is 0 Å². The van der Waals surface area contributed by atoms with E-state index in [0.29, 0.717) is 6.79 Å². The molecule has 1 aromatic carbocycles. The van der Waals surface area contributed by atoms with Crippen LogP contribution < -0.4 is 14.8 Å². The Hall–Kier alpha value is -1.95. The number of fused-ring (bicyclic) bond motifs is 1. The number of ether oxygens (including phenoxy) is 3. The van der Waals surface area contributed by atoms with Crippen molar-refractivity contribution in [2.75, 3.05) is 46.2 Å². The van der Waals surface area contributed by atoms with E-state index in [2.05, 4.69) is 36.2 Å². The second kappa shape index (κ2) is 8.60. The Morgan fingerprint density at radius 2 is 1.93 bits per heavy atom. The van der Waals surface area contributed by atoms with E-state index < -0.39 is 0 Å².